The predicted molar refractivity (Wildman–Crippen MR) is 112 cm³/mol. The van der Waals surface area contributed by atoms with Crippen LogP contribution >= 0.6 is 0 Å². The van der Waals surface area contributed by atoms with Gasteiger partial charge in [-0.1, -0.05) is 13.8 Å². The molecule has 0 bridgehead atoms. The molecule has 0 fully saturated rings. The van der Waals surface area contributed by atoms with E-state index in [2.05, 4.69) is 5.32 Å². The van der Waals surface area contributed by atoms with Crippen LogP contribution in [0.4, 0.5) is 0 Å². The first-order chi connectivity index (χ1) is 13.9. The third kappa shape index (κ3) is 4.96. The number of hydrogen-bond acceptors (Lipinski definition) is 6. The lowest BCUT2D eigenvalue weighted by molar-refractivity contribution is 0.101. The van der Waals surface area contributed by atoms with Crippen molar-refractivity contribution >= 4 is 16.8 Å². The van der Waals surface area contributed by atoms with Gasteiger partial charge in [0.05, 0.1) is 7.11 Å². The molecule has 1 aromatic heterocycles. The maximum Gasteiger partial charge on any atom is 0.228 e. The van der Waals surface area contributed by atoms with E-state index in [1.165, 1.54) is 0 Å². The van der Waals surface area contributed by atoms with Crippen molar-refractivity contribution in [3.63, 3.8) is 0 Å². The van der Waals surface area contributed by atoms with Crippen molar-refractivity contribution in [1.82, 2.24) is 5.32 Å². The number of benzene rings is 2. The Kier molecular flexibility index (Phi) is 6.56. The van der Waals surface area contributed by atoms with Crippen LogP contribution in [-0.2, 0) is 0 Å². The molecule has 2 aromatic carbocycles. The third-order valence-electron chi connectivity index (χ3n) is 4.67. The van der Waals surface area contributed by atoms with Crippen molar-refractivity contribution in [2.45, 2.75) is 32.9 Å². The maximum absolute atomic E-state index is 12.9. The topological polar surface area (TPSA) is 80.9 Å². The summed E-state index contributed by atoms with van der Waals surface area (Å²) in [7, 11) is 1.58. The molecule has 3 rings (SSSR count). The van der Waals surface area contributed by atoms with Crippen LogP contribution in [0.2, 0.25) is 0 Å². The van der Waals surface area contributed by atoms with E-state index in [1.807, 2.05) is 32.9 Å². The van der Waals surface area contributed by atoms with E-state index >= 15 is 0 Å². The summed E-state index contributed by atoms with van der Waals surface area (Å²) >= 11 is 0. The number of rotatable bonds is 9. The molecule has 6 heteroatoms. The first-order valence-corrected chi connectivity index (χ1v) is 9.65. The van der Waals surface area contributed by atoms with Crippen molar-refractivity contribution in [2.75, 3.05) is 20.3 Å². The lowest BCUT2D eigenvalue weighted by Gasteiger charge is -2.14. The van der Waals surface area contributed by atoms with Crippen molar-refractivity contribution in [2.24, 2.45) is 0 Å². The fourth-order valence-electron chi connectivity index (χ4n) is 3.01. The molecule has 1 atom stereocenters. The number of fused-ring (bicyclic) bond motifs is 1. The number of methoxy groups -OCH3 is 1. The Morgan fingerprint density at radius 2 is 1.83 bits per heavy atom. The number of aliphatic hydroxyl groups is 1. The number of furan rings is 1. The van der Waals surface area contributed by atoms with Gasteiger partial charge in [-0.3, -0.25) is 4.79 Å². The number of aliphatic hydroxyl groups excluding tert-OH is 1. The lowest BCUT2D eigenvalue weighted by Crippen LogP contribution is -2.35. The summed E-state index contributed by atoms with van der Waals surface area (Å²) in [6.07, 6.45) is -0.612. The zero-order valence-corrected chi connectivity index (χ0v) is 17.2. The van der Waals surface area contributed by atoms with Gasteiger partial charge in [0, 0.05) is 35.2 Å². The van der Waals surface area contributed by atoms with Crippen LogP contribution < -0.4 is 14.8 Å². The molecule has 2 N–H and O–H groups in total. The summed E-state index contributed by atoms with van der Waals surface area (Å²) in [6.45, 7) is 6.53. The Hall–Kier alpha value is -2.83. The first kappa shape index (κ1) is 20.9. The zero-order chi connectivity index (χ0) is 21.0. The van der Waals surface area contributed by atoms with Gasteiger partial charge >= 0.3 is 0 Å². The second kappa shape index (κ2) is 9.11. The van der Waals surface area contributed by atoms with Gasteiger partial charge in [-0.15, -0.1) is 0 Å². The monoisotopic (exact) mass is 397 g/mol. The van der Waals surface area contributed by atoms with E-state index in [9.17, 15) is 9.90 Å². The molecule has 1 unspecified atom stereocenters. The fraction of sp³-hybridized carbons (Fsp3) is 0.348. The van der Waals surface area contributed by atoms with Crippen LogP contribution in [0.25, 0.3) is 11.0 Å². The number of ether oxygens (including phenoxy) is 2. The van der Waals surface area contributed by atoms with Gasteiger partial charge in [0.2, 0.25) is 5.78 Å². The number of carbonyl (C=O) groups excluding carboxylic acids is 1. The highest BCUT2D eigenvalue weighted by atomic mass is 16.5. The lowest BCUT2D eigenvalue weighted by atomic mass is 10.0. The number of aryl methyl sites for hydroxylation is 1. The number of ketones is 1. The number of carbonyl (C=O) groups is 1. The van der Waals surface area contributed by atoms with Gasteiger partial charge in [-0.05, 0) is 43.3 Å². The van der Waals surface area contributed by atoms with E-state index in [0.29, 0.717) is 41.0 Å². The molecule has 0 saturated carbocycles. The van der Waals surface area contributed by atoms with Crippen LogP contribution in [0.3, 0.4) is 0 Å². The quantitative estimate of drug-likeness (QED) is 0.536. The molecular formula is C23H27NO5. The Balaban J connectivity index is 1.75. The van der Waals surface area contributed by atoms with Crippen LogP contribution in [0, 0.1) is 6.92 Å². The molecule has 6 nitrogen and oxygen atoms in total. The smallest absolute Gasteiger partial charge is 0.228 e. The Morgan fingerprint density at radius 1 is 1.14 bits per heavy atom. The standard InChI is InChI=1S/C23H27NO5/c1-14(2)24-12-17(25)13-28-19-9-10-20-15(3)23(29-21(20)11-19)22(26)16-5-7-18(27-4)8-6-16/h5-11,14,17,24-25H,12-13H2,1-4H3. The molecule has 0 radical (unpaired) electrons. The molecule has 1 heterocycles. The molecule has 0 aliphatic heterocycles. The van der Waals surface area contributed by atoms with E-state index in [0.717, 1.165) is 10.9 Å². The summed E-state index contributed by atoms with van der Waals surface area (Å²) in [5.74, 6) is 1.40. The highest BCUT2D eigenvalue weighted by Crippen LogP contribution is 2.30. The molecule has 0 aliphatic carbocycles. The summed E-state index contributed by atoms with van der Waals surface area (Å²) in [5, 5.41) is 14.0. The molecular weight excluding hydrogens is 370 g/mol. The minimum Gasteiger partial charge on any atom is -0.497 e. The Morgan fingerprint density at radius 3 is 2.48 bits per heavy atom. The predicted octanol–water partition coefficient (Wildman–Crippen LogP) is 3.72. The van der Waals surface area contributed by atoms with Gasteiger partial charge in [0.25, 0.3) is 0 Å². The third-order valence-corrected chi connectivity index (χ3v) is 4.67. The Labute approximate surface area is 170 Å². The first-order valence-electron chi connectivity index (χ1n) is 9.65. The second-order valence-corrected chi connectivity index (χ2v) is 7.30. The zero-order valence-electron chi connectivity index (χ0n) is 17.2. The summed E-state index contributed by atoms with van der Waals surface area (Å²) in [5.41, 5.74) is 1.89. The van der Waals surface area contributed by atoms with E-state index < -0.39 is 6.10 Å². The molecule has 3 aromatic rings. The summed E-state index contributed by atoms with van der Waals surface area (Å²) < 4.78 is 16.7. The van der Waals surface area contributed by atoms with Crippen LogP contribution in [0.5, 0.6) is 11.5 Å². The van der Waals surface area contributed by atoms with Gasteiger partial charge in [-0.25, -0.2) is 0 Å². The number of nitrogens with one attached hydrogen (secondary N) is 1. The molecule has 0 saturated heterocycles. The average molecular weight is 397 g/mol. The normalized spacial score (nSPS) is 12.3. The molecule has 0 amide bonds. The van der Waals surface area contributed by atoms with Crippen molar-refractivity contribution in [3.05, 3.63) is 59.4 Å². The van der Waals surface area contributed by atoms with Crippen molar-refractivity contribution in [3.8, 4) is 11.5 Å². The SMILES string of the molecule is COc1ccc(C(=O)c2oc3cc(OCC(O)CNC(C)C)ccc3c2C)cc1. The van der Waals surface area contributed by atoms with E-state index in [-0.39, 0.29) is 12.4 Å². The highest BCUT2D eigenvalue weighted by molar-refractivity contribution is 6.10. The van der Waals surface area contributed by atoms with Gasteiger partial charge in [-0.2, -0.15) is 0 Å². The number of hydrogen-bond donors (Lipinski definition) is 2. The average Bonchev–Trinajstić information content (AvgIpc) is 3.06. The molecule has 29 heavy (non-hydrogen) atoms. The van der Waals surface area contributed by atoms with Gasteiger partial charge in [0.15, 0.2) is 5.76 Å². The second-order valence-electron chi connectivity index (χ2n) is 7.30. The highest BCUT2D eigenvalue weighted by Gasteiger charge is 2.20. The molecule has 154 valence electrons. The van der Waals surface area contributed by atoms with Crippen molar-refractivity contribution in [1.29, 1.82) is 0 Å². The van der Waals surface area contributed by atoms with Crippen LogP contribution in [0.1, 0.15) is 35.5 Å². The van der Waals surface area contributed by atoms with Crippen LogP contribution in [-0.4, -0.2) is 43.3 Å². The Bertz CT molecular complexity index is 975. The largest absolute Gasteiger partial charge is 0.497 e. The maximum atomic E-state index is 12.9. The summed E-state index contributed by atoms with van der Waals surface area (Å²) in [6, 6.07) is 12.7. The fourth-order valence-corrected chi connectivity index (χ4v) is 3.01. The minimum atomic E-state index is -0.612. The van der Waals surface area contributed by atoms with Crippen molar-refractivity contribution < 1.29 is 23.8 Å². The van der Waals surface area contributed by atoms with Gasteiger partial charge in [0.1, 0.15) is 29.8 Å². The summed E-state index contributed by atoms with van der Waals surface area (Å²) in [4.78, 5) is 12.9. The van der Waals surface area contributed by atoms with Gasteiger partial charge < -0.3 is 24.3 Å². The molecule has 0 spiro atoms. The van der Waals surface area contributed by atoms with E-state index in [4.69, 9.17) is 13.9 Å². The van der Waals surface area contributed by atoms with Crippen LogP contribution in [0.15, 0.2) is 46.9 Å². The minimum absolute atomic E-state index is 0.169. The molecule has 0 aliphatic rings. The van der Waals surface area contributed by atoms with E-state index in [1.54, 1.807) is 37.4 Å².